The van der Waals surface area contributed by atoms with E-state index in [0.717, 1.165) is 37.4 Å². The van der Waals surface area contributed by atoms with Gasteiger partial charge >= 0.3 is 0 Å². The summed E-state index contributed by atoms with van der Waals surface area (Å²) in [6.45, 7) is 4.06. The van der Waals surface area contributed by atoms with Gasteiger partial charge in [-0.15, -0.1) is 0 Å². The first kappa shape index (κ1) is 14.8. The van der Waals surface area contributed by atoms with Gasteiger partial charge in [-0.25, -0.2) is 9.97 Å². The van der Waals surface area contributed by atoms with Crippen LogP contribution in [0.15, 0.2) is 6.33 Å². The van der Waals surface area contributed by atoms with E-state index in [1.54, 1.807) is 6.92 Å². The fraction of sp³-hybridized carbons (Fsp3) is 0.615. The van der Waals surface area contributed by atoms with E-state index in [-0.39, 0.29) is 5.91 Å². The van der Waals surface area contributed by atoms with E-state index in [9.17, 15) is 4.79 Å². The minimum atomic E-state index is 0.0168. The van der Waals surface area contributed by atoms with Crippen molar-refractivity contribution in [1.29, 1.82) is 0 Å². The van der Waals surface area contributed by atoms with Crippen LogP contribution in [0.2, 0.25) is 5.15 Å². The molecule has 1 aromatic rings. The molecule has 2 N–H and O–H groups in total. The van der Waals surface area contributed by atoms with E-state index < -0.39 is 0 Å². The number of hydrogen-bond acceptors (Lipinski definition) is 5. The van der Waals surface area contributed by atoms with Gasteiger partial charge in [0.15, 0.2) is 11.0 Å². The van der Waals surface area contributed by atoms with Crippen LogP contribution < -0.4 is 15.5 Å². The van der Waals surface area contributed by atoms with E-state index in [1.165, 1.54) is 6.33 Å². The van der Waals surface area contributed by atoms with Crippen LogP contribution >= 0.6 is 11.6 Å². The van der Waals surface area contributed by atoms with Gasteiger partial charge in [-0.3, -0.25) is 4.79 Å². The molecule has 20 heavy (non-hydrogen) atoms. The third kappa shape index (κ3) is 3.50. The third-order valence-corrected chi connectivity index (χ3v) is 3.78. The topological polar surface area (TPSA) is 70.2 Å². The number of nitrogens with zero attached hydrogens (tertiary/aromatic N) is 3. The average molecular weight is 298 g/mol. The van der Waals surface area contributed by atoms with Gasteiger partial charge in [0, 0.05) is 33.6 Å². The van der Waals surface area contributed by atoms with Gasteiger partial charge in [-0.2, -0.15) is 0 Å². The first-order chi connectivity index (χ1) is 9.61. The van der Waals surface area contributed by atoms with Crippen molar-refractivity contribution in [2.75, 3.05) is 36.9 Å². The molecule has 2 rings (SSSR count). The van der Waals surface area contributed by atoms with Crippen LogP contribution in [0.25, 0.3) is 0 Å². The first-order valence-corrected chi connectivity index (χ1v) is 7.17. The van der Waals surface area contributed by atoms with E-state index in [1.807, 2.05) is 7.05 Å². The average Bonchev–Trinajstić information content (AvgIpc) is 2.45. The van der Waals surface area contributed by atoms with Crippen molar-refractivity contribution in [3.63, 3.8) is 0 Å². The van der Waals surface area contributed by atoms with Crippen LogP contribution in [0, 0.1) is 5.92 Å². The minimum Gasteiger partial charge on any atom is -0.383 e. The van der Waals surface area contributed by atoms with Crippen molar-refractivity contribution in [2.24, 2.45) is 5.92 Å². The summed E-state index contributed by atoms with van der Waals surface area (Å²) in [5.74, 6) is 1.29. The van der Waals surface area contributed by atoms with Gasteiger partial charge < -0.3 is 15.5 Å². The largest absolute Gasteiger partial charge is 0.383 e. The zero-order valence-electron chi connectivity index (χ0n) is 11.8. The highest BCUT2D eigenvalue weighted by Crippen LogP contribution is 2.31. The van der Waals surface area contributed by atoms with Gasteiger partial charge in [0.25, 0.3) is 0 Å². The maximum atomic E-state index is 11.0. The fourth-order valence-corrected chi connectivity index (χ4v) is 2.75. The highest BCUT2D eigenvalue weighted by Gasteiger charge is 2.23. The molecule has 0 aliphatic carbocycles. The predicted molar refractivity (Wildman–Crippen MR) is 80.2 cm³/mol. The molecule has 1 aromatic heterocycles. The molecule has 0 spiro atoms. The standard InChI is InChI=1S/C13H20ClN5O/c1-9(20)16-6-10-4-3-5-19(7-10)13-11(15-2)12(14)17-8-18-13/h8,10,15H,3-7H2,1-2H3,(H,16,20). The Balaban J connectivity index is 2.09. The smallest absolute Gasteiger partial charge is 0.216 e. The molecule has 0 saturated carbocycles. The monoisotopic (exact) mass is 297 g/mol. The molecule has 1 unspecified atom stereocenters. The molecule has 2 heterocycles. The zero-order valence-corrected chi connectivity index (χ0v) is 12.6. The van der Waals surface area contributed by atoms with E-state index >= 15 is 0 Å². The molecule has 110 valence electrons. The lowest BCUT2D eigenvalue weighted by Gasteiger charge is -2.34. The number of anilines is 2. The number of aromatic nitrogens is 2. The SMILES string of the molecule is CNc1c(Cl)ncnc1N1CCCC(CNC(C)=O)C1. The number of carbonyl (C=O) groups excluding carboxylic acids is 1. The number of carbonyl (C=O) groups is 1. The summed E-state index contributed by atoms with van der Waals surface area (Å²) in [5.41, 5.74) is 0.759. The molecule has 1 aliphatic rings. The molecular weight excluding hydrogens is 278 g/mol. The van der Waals surface area contributed by atoms with Crippen molar-refractivity contribution >= 4 is 29.0 Å². The van der Waals surface area contributed by atoms with E-state index in [4.69, 9.17) is 11.6 Å². The number of rotatable bonds is 4. The summed E-state index contributed by atoms with van der Waals surface area (Å²) in [5, 5.41) is 6.38. The summed E-state index contributed by atoms with van der Waals surface area (Å²) in [6.07, 6.45) is 3.68. The summed E-state index contributed by atoms with van der Waals surface area (Å²) in [4.78, 5) is 21.6. The van der Waals surface area contributed by atoms with Crippen LogP contribution in [0.1, 0.15) is 19.8 Å². The van der Waals surface area contributed by atoms with Crippen molar-refractivity contribution in [1.82, 2.24) is 15.3 Å². The number of nitrogens with one attached hydrogen (secondary N) is 2. The zero-order chi connectivity index (χ0) is 14.5. The summed E-state index contributed by atoms with van der Waals surface area (Å²) in [6, 6.07) is 0. The molecule has 6 nitrogen and oxygen atoms in total. The number of halogens is 1. The molecule has 0 bridgehead atoms. The summed E-state index contributed by atoms with van der Waals surface area (Å²) >= 11 is 6.09. The molecule has 0 aromatic carbocycles. The maximum Gasteiger partial charge on any atom is 0.216 e. The lowest BCUT2D eigenvalue weighted by Crippen LogP contribution is -2.41. The molecule has 1 aliphatic heterocycles. The first-order valence-electron chi connectivity index (χ1n) is 6.79. The second-order valence-electron chi connectivity index (χ2n) is 5.00. The lowest BCUT2D eigenvalue weighted by molar-refractivity contribution is -0.119. The second-order valence-corrected chi connectivity index (χ2v) is 5.36. The molecule has 1 atom stereocenters. The number of hydrogen-bond donors (Lipinski definition) is 2. The van der Waals surface area contributed by atoms with Crippen LogP contribution in [0.5, 0.6) is 0 Å². The predicted octanol–water partition coefficient (Wildman–Crippen LogP) is 1.52. The van der Waals surface area contributed by atoms with Crippen LogP contribution in [-0.4, -0.2) is 42.6 Å². The molecule has 7 heteroatoms. The Morgan fingerprint density at radius 1 is 1.55 bits per heavy atom. The normalized spacial score (nSPS) is 18.8. The number of amides is 1. The Morgan fingerprint density at radius 3 is 3.05 bits per heavy atom. The number of piperidine rings is 1. The van der Waals surface area contributed by atoms with Gasteiger partial charge in [-0.05, 0) is 18.8 Å². The molecule has 1 fully saturated rings. The van der Waals surface area contributed by atoms with Crippen molar-refractivity contribution in [3.8, 4) is 0 Å². The maximum absolute atomic E-state index is 11.0. The minimum absolute atomic E-state index is 0.0168. The van der Waals surface area contributed by atoms with Crippen molar-refractivity contribution in [2.45, 2.75) is 19.8 Å². The Labute approximate surface area is 123 Å². The summed E-state index contributed by atoms with van der Waals surface area (Å²) < 4.78 is 0. The molecular formula is C13H20ClN5O. The van der Waals surface area contributed by atoms with Gasteiger partial charge in [0.1, 0.15) is 12.0 Å². The van der Waals surface area contributed by atoms with Crippen LogP contribution in [0.4, 0.5) is 11.5 Å². The van der Waals surface area contributed by atoms with E-state index in [2.05, 4.69) is 25.5 Å². The Morgan fingerprint density at radius 2 is 2.35 bits per heavy atom. The molecule has 0 radical (unpaired) electrons. The van der Waals surface area contributed by atoms with Gasteiger partial charge in [-0.1, -0.05) is 11.6 Å². The lowest BCUT2D eigenvalue weighted by atomic mass is 9.98. The highest BCUT2D eigenvalue weighted by atomic mass is 35.5. The highest BCUT2D eigenvalue weighted by molar-refractivity contribution is 6.32. The molecule has 1 saturated heterocycles. The van der Waals surface area contributed by atoms with Gasteiger partial charge in [0.2, 0.25) is 5.91 Å². The fourth-order valence-electron chi connectivity index (χ4n) is 2.52. The Hall–Kier alpha value is -1.56. The van der Waals surface area contributed by atoms with Crippen molar-refractivity contribution < 1.29 is 4.79 Å². The van der Waals surface area contributed by atoms with Gasteiger partial charge in [0.05, 0.1) is 0 Å². The molecule has 1 amide bonds. The van der Waals surface area contributed by atoms with Crippen LogP contribution in [-0.2, 0) is 4.79 Å². The van der Waals surface area contributed by atoms with Crippen molar-refractivity contribution in [3.05, 3.63) is 11.5 Å². The summed E-state index contributed by atoms with van der Waals surface area (Å²) in [7, 11) is 1.81. The van der Waals surface area contributed by atoms with E-state index in [0.29, 0.717) is 17.6 Å². The van der Waals surface area contributed by atoms with Crippen LogP contribution in [0.3, 0.4) is 0 Å². The Bertz CT molecular complexity index is 482. The Kier molecular flexibility index (Phi) is 5.00. The quantitative estimate of drug-likeness (QED) is 0.825. The third-order valence-electron chi connectivity index (χ3n) is 3.49. The second kappa shape index (κ2) is 6.74.